The Hall–Kier alpha value is -1.54. The first-order valence-electron chi connectivity index (χ1n) is 5.58. The van der Waals surface area contributed by atoms with Gasteiger partial charge in [0.15, 0.2) is 0 Å². The maximum absolute atomic E-state index is 3.64. The van der Waals surface area contributed by atoms with Gasteiger partial charge in [-0.25, -0.2) is 0 Å². The van der Waals surface area contributed by atoms with Gasteiger partial charge < -0.3 is 4.57 Å². The molecule has 1 nitrogen and oxygen atoms in total. The summed E-state index contributed by atoms with van der Waals surface area (Å²) >= 11 is 3.64. The van der Waals surface area contributed by atoms with Gasteiger partial charge in [-0.2, -0.15) is 0 Å². The lowest BCUT2D eigenvalue weighted by Gasteiger charge is -2.13. The Labute approximate surface area is 109 Å². The van der Waals surface area contributed by atoms with Crippen molar-refractivity contribution in [3.8, 4) is 5.69 Å². The molecule has 0 radical (unpaired) electrons. The van der Waals surface area contributed by atoms with Crippen molar-refractivity contribution in [2.45, 2.75) is 6.92 Å². The largest absolute Gasteiger partial charge is 0.323 e. The van der Waals surface area contributed by atoms with Crippen LogP contribution in [0, 0.1) is 6.92 Å². The standard InChI is InChI=1S/C15H12BrN/c1-11-10-14(16)12-6-2-3-7-13(12)15(11)17-8-4-5-9-17/h2-10H,1H3. The minimum Gasteiger partial charge on any atom is -0.323 e. The number of fused-ring (bicyclic) bond motifs is 1. The van der Waals surface area contributed by atoms with Crippen LogP contribution in [0.25, 0.3) is 16.5 Å². The van der Waals surface area contributed by atoms with E-state index in [1.54, 1.807) is 0 Å². The fourth-order valence-electron chi connectivity index (χ4n) is 2.27. The number of benzene rings is 2. The summed E-state index contributed by atoms with van der Waals surface area (Å²) in [5, 5.41) is 2.53. The van der Waals surface area contributed by atoms with Crippen LogP contribution < -0.4 is 0 Å². The van der Waals surface area contributed by atoms with Gasteiger partial charge in [0.1, 0.15) is 0 Å². The molecular formula is C15H12BrN. The van der Waals surface area contributed by atoms with E-state index in [0.717, 1.165) is 4.47 Å². The van der Waals surface area contributed by atoms with Crippen LogP contribution >= 0.6 is 15.9 Å². The zero-order valence-electron chi connectivity index (χ0n) is 9.52. The highest BCUT2D eigenvalue weighted by molar-refractivity contribution is 9.10. The minimum atomic E-state index is 1.15. The average molecular weight is 286 g/mol. The van der Waals surface area contributed by atoms with E-state index in [9.17, 15) is 0 Å². The van der Waals surface area contributed by atoms with Gasteiger partial charge in [0.2, 0.25) is 0 Å². The van der Waals surface area contributed by atoms with Crippen LogP contribution in [0.15, 0.2) is 59.3 Å². The molecule has 0 aliphatic rings. The molecule has 3 aromatic rings. The smallest absolute Gasteiger partial charge is 0.0557 e. The molecule has 0 aliphatic carbocycles. The monoisotopic (exact) mass is 285 g/mol. The Morgan fingerprint density at radius 2 is 1.59 bits per heavy atom. The molecular weight excluding hydrogens is 274 g/mol. The van der Waals surface area contributed by atoms with Gasteiger partial charge in [0.05, 0.1) is 5.69 Å². The molecule has 3 rings (SSSR count). The number of halogens is 1. The number of hydrogen-bond acceptors (Lipinski definition) is 0. The predicted octanol–water partition coefficient (Wildman–Crippen LogP) is 4.70. The first-order valence-corrected chi connectivity index (χ1v) is 6.38. The molecule has 2 aromatic carbocycles. The fraction of sp³-hybridized carbons (Fsp3) is 0.0667. The Kier molecular flexibility index (Phi) is 2.52. The summed E-state index contributed by atoms with van der Waals surface area (Å²) in [4.78, 5) is 0. The topological polar surface area (TPSA) is 4.93 Å². The summed E-state index contributed by atoms with van der Waals surface area (Å²) in [6, 6.07) is 14.8. The van der Waals surface area contributed by atoms with Crippen LogP contribution in [0.3, 0.4) is 0 Å². The molecule has 0 aliphatic heterocycles. The number of aryl methyl sites for hydroxylation is 1. The molecule has 0 fully saturated rings. The van der Waals surface area contributed by atoms with Crippen molar-refractivity contribution in [3.05, 3.63) is 64.9 Å². The average Bonchev–Trinajstić information content (AvgIpc) is 2.83. The van der Waals surface area contributed by atoms with Crippen LogP contribution in [-0.2, 0) is 0 Å². The van der Waals surface area contributed by atoms with Crippen LogP contribution in [0.4, 0.5) is 0 Å². The second kappa shape index (κ2) is 4.04. The third-order valence-electron chi connectivity index (χ3n) is 3.02. The van der Waals surface area contributed by atoms with Crippen LogP contribution in [0.1, 0.15) is 5.56 Å². The highest BCUT2D eigenvalue weighted by Crippen LogP contribution is 2.31. The highest BCUT2D eigenvalue weighted by atomic mass is 79.9. The summed E-state index contributed by atoms with van der Waals surface area (Å²) in [6.45, 7) is 2.15. The zero-order valence-corrected chi connectivity index (χ0v) is 11.1. The molecule has 2 heteroatoms. The second-order valence-corrected chi connectivity index (χ2v) is 5.01. The summed E-state index contributed by atoms with van der Waals surface area (Å²) in [7, 11) is 0. The molecule has 0 N–H and O–H groups in total. The van der Waals surface area contributed by atoms with Crippen LogP contribution in [0.5, 0.6) is 0 Å². The molecule has 84 valence electrons. The third-order valence-corrected chi connectivity index (χ3v) is 3.67. The molecule has 1 heterocycles. The Bertz CT molecular complexity index is 669. The van der Waals surface area contributed by atoms with Crippen LogP contribution in [-0.4, -0.2) is 4.57 Å². The lowest BCUT2D eigenvalue weighted by atomic mass is 10.0. The summed E-state index contributed by atoms with van der Waals surface area (Å²) in [5.74, 6) is 0. The highest BCUT2D eigenvalue weighted by Gasteiger charge is 2.08. The van der Waals surface area contributed by atoms with Crippen molar-refractivity contribution in [1.82, 2.24) is 4.57 Å². The Morgan fingerprint density at radius 3 is 2.29 bits per heavy atom. The summed E-state index contributed by atoms with van der Waals surface area (Å²) < 4.78 is 3.32. The van der Waals surface area contributed by atoms with Gasteiger partial charge in [0, 0.05) is 22.3 Å². The Balaban J connectivity index is 2.45. The van der Waals surface area contributed by atoms with Crippen molar-refractivity contribution < 1.29 is 0 Å². The van der Waals surface area contributed by atoms with E-state index in [1.807, 2.05) is 0 Å². The van der Waals surface area contributed by atoms with Crippen molar-refractivity contribution in [3.63, 3.8) is 0 Å². The van der Waals surface area contributed by atoms with Crippen molar-refractivity contribution in [2.24, 2.45) is 0 Å². The van der Waals surface area contributed by atoms with Gasteiger partial charge in [-0.15, -0.1) is 0 Å². The third kappa shape index (κ3) is 1.69. The number of nitrogens with zero attached hydrogens (tertiary/aromatic N) is 1. The molecule has 0 bridgehead atoms. The normalized spacial score (nSPS) is 10.9. The first-order chi connectivity index (χ1) is 8.27. The zero-order chi connectivity index (χ0) is 11.8. The summed E-state index contributed by atoms with van der Waals surface area (Å²) in [5.41, 5.74) is 2.53. The minimum absolute atomic E-state index is 1.15. The molecule has 0 saturated heterocycles. The van der Waals surface area contributed by atoms with Gasteiger partial charge in [-0.3, -0.25) is 0 Å². The lowest BCUT2D eigenvalue weighted by molar-refractivity contribution is 1.07. The molecule has 17 heavy (non-hydrogen) atoms. The first kappa shape index (κ1) is 10.6. The van der Waals surface area contributed by atoms with E-state index in [1.165, 1.54) is 22.0 Å². The van der Waals surface area contributed by atoms with Gasteiger partial charge in [-0.05, 0) is 36.1 Å². The van der Waals surface area contributed by atoms with E-state index in [-0.39, 0.29) is 0 Å². The predicted molar refractivity (Wildman–Crippen MR) is 75.7 cm³/mol. The van der Waals surface area contributed by atoms with E-state index >= 15 is 0 Å². The van der Waals surface area contributed by atoms with Crippen LogP contribution in [0.2, 0.25) is 0 Å². The van der Waals surface area contributed by atoms with Crippen molar-refractivity contribution >= 4 is 26.7 Å². The van der Waals surface area contributed by atoms with E-state index in [2.05, 4.69) is 82.3 Å². The summed E-state index contributed by atoms with van der Waals surface area (Å²) in [6.07, 6.45) is 4.17. The van der Waals surface area contributed by atoms with E-state index in [0.29, 0.717) is 0 Å². The molecule has 0 atom stereocenters. The molecule has 0 spiro atoms. The maximum Gasteiger partial charge on any atom is 0.0557 e. The SMILES string of the molecule is Cc1cc(Br)c2ccccc2c1-n1cccc1. The lowest BCUT2D eigenvalue weighted by Crippen LogP contribution is -1.95. The van der Waals surface area contributed by atoms with Crippen molar-refractivity contribution in [2.75, 3.05) is 0 Å². The number of hydrogen-bond donors (Lipinski definition) is 0. The second-order valence-electron chi connectivity index (χ2n) is 4.16. The Morgan fingerprint density at radius 1 is 0.941 bits per heavy atom. The number of rotatable bonds is 1. The molecule has 1 aromatic heterocycles. The van der Waals surface area contributed by atoms with Gasteiger partial charge in [0.25, 0.3) is 0 Å². The van der Waals surface area contributed by atoms with Gasteiger partial charge >= 0.3 is 0 Å². The number of aromatic nitrogens is 1. The van der Waals surface area contributed by atoms with Crippen molar-refractivity contribution in [1.29, 1.82) is 0 Å². The van der Waals surface area contributed by atoms with E-state index in [4.69, 9.17) is 0 Å². The fourth-order valence-corrected chi connectivity index (χ4v) is 2.96. The quantitative estimate of drug-likeness (QED) is 0.611. The maximum atomic E-state index is 3.64. The van der Waals surface area contributed by atoms with Gasteiger partial charge in [-0.1, -0.05) is 40.2 Å². The van der Waals surface area contributed by atoms with E-state index < -0.39 is 0 Å². The molecule has 0 unspecified atom stereocenters. The molecule has 0 saturated carbocycles. The molecule has 0 amide bonds.